The SMILES string of the molecule is CCN(C(=O)c1cc(F)ccc1Oc1cncnc1N1CC2(CC(Oc3ccnc4c3C(CCCO)N(C)CC4)C2)C1)C(C)C. The van der Waals surface area contributed by atoms with Crippen molar-refractivity contribution >= 4 is 11.7 Å². The van der Waals surface area contributed by atoms with Gasteiger partial charge < -0.3 is 24.4 Å². The summed E-state index contributed by atoms with van der Waals surface area (Å²) >= 11 is 0. The van der Waals surface area contributed by atoms with E-state index in [1.807, 2.05) is 33.0 Å². The number of benzene rings is 1. The van der Waals surface area contributed by atoms with Crippen molar-refractivity contribution in [2.24, 2.45) is 5.41 Å². The average molecular weight is 619 g/mol. The molecule has 240 valence electrons. The van der Waals surface area contributed by atoms with Crippen molar-refractivity contribution in [2.75, 3.05) is 44.7 Å². The molecular formula is C34H43FN6O4. The molecule has 2 aliphatic heterocycles. The molecule has 1 N–H and O–H groups in total. The molecule has 45 heavy (non-hydrogen) atoms. The van der Waals surface area contributed by atoms with Gasteiger partial charge in [-0.25, -0.2) is 14.4 Å². The second-order valence-corrected chi connectivity index (χ2v) is 12.9. The summed E-state index contributed by atoms with van der Waals surface area (Å²) in [5.41, 5.74) is 2.59. The molecule has 1 aromatic carbocycles. The minimum Gasteiger partial charge on any atom is -0.490 e. The van der Waals surface area contributed by atoms with E-state index in [1.54, 1.807) is 11.1 Å². The summed E-state index contributed by atoms with van der Waals surface area (Å²) in [6.07, 6.45) is 9.45. The van der Waals surface area contributed by atoms with E-state index in [4.69, 9.17) is 9.47 Å². The summed E-state index contributed by atoms with van der Waals surface area (Å²) in [5.74, 6) is 1.48. The number of rotatable bonds is 11. The molecule has 1 aliphatic carbocycles. The largest absolute Gasteiger partial charge is 0.490 e. The van der Waals surface area contributed by atoms with Gasteiger partial charge in [-0.05, 0) is 77.8 Å². The Morgan fingerprint density at radius 1 is 1.18 bits per heavy atom. The predicted octanol–water partition coefficient (Wildman–Crippen LogP) is 5.02. The molecule has 1 saturated heterocycles. The fourth-order valence-electron chi connectivity index (χ4n) is 7.20. The van der Waals surface area contributed by atoms with E-state index in [9.17, 15) is 14.3 Å². The maximum Gasteiger partial charge on any atom is 0.257 e. The summed E-state index contributed by atoms with van der Waals surface area (Å²) in [6, 6.07) is 6.15. The highest BCUT2D eigenvalue weighted by Crippen LogP contribution is 2.52. The first-order valence-corrected chi connectivity index (χ1v) is 16.0. The van der Waals surface area contributed by atoms with Crippen LogP contribution in [-0.4, -0.2) is 87.7 Å². The van der Waals surface area contributed by atoms with E-state index in [0.29, 0.717) is 18.1 Å². The van der Waals surface area contributed by atoms with Gasteiger partial charge in [-0.1, -0.05) is 0 Å². The van der Waals surface area contributed by atoms with Gasteiger partial charge in [0.2, 0.25) is 0 Å². The van der Waals surface area contributed by atoms with Crippen LogP contribution in [0.3, 0.4) is 0 Å². The number of aliphatic hydroxyl groups is 1. The van der Waals surface area contributed by atoms with E-state index in [-0.39, 0.29) is 47.4 Å². The Hall–Kier alpha value is -3.83. The van der Waals surface area contributed by atoms with Gasteiger partial charge in [-0.2, -0.15) is 0 Å². The Morgan fingerprint density at radius 3 is 2.71 bits per heavy atom. The smallest absolute Gasteiger partial charge is 0.257 e. The van der Waals surface area contributed by atoms with Gasteiger partial charge >= 0.3 is 0 Å². The molecule has 3 aromatic rings. The molecule has 2 aromatic heterocycles. The number of halogens is 1. The molecule has 1 amide bonds. The maximum atomic E-state index is 14.3. The van der Waals surface area contributed by atoms with Gasteiger partial charge in [-0.15, -0.1) is 0 Å². The van der Waals surface area contributed by atoms with Crippen molar-refractivity contribution in [3.8, 4) is 17.2 Å². The zero-order chi connectivity index (χ0) is 31.7. The van der Waals surface area contributed by atoms with Crippen LogP contribution in [0.15, 0.2) is 43.0 Å². The fourth-order valence-corrected chi connectivity index (χ4v) is 7.20. The Kier molecular flexibility index (Phi) is 8.92. The Bertz CT molecular complexity index is 1520. The van der Waals surface area contributed by atoms with Crippen LogP contribution in [0.5, 0.6) is 17.2 Å². The molecular weight excluding hydrogens is 575 g/mol. The number of fused-ring (bicyclic) bond motifs is 1. The molecule has 3 aliphatic rings. The third-order valence-electron chi connectivity index (χ3n) is 9.48. The van der Waals surface area contributed by atoms with Crippen LogP contribution in [0.1, 0.15) is 74.1 Å². The van der Waals surface area contributed by atoms with Crippen LogP contribution in [-0.2, 0) is 6.42 Å². The lowest BCUT2D eigenvalue weighted by atomic mass is 9.61. The number of hydrogen-bond acceptors (Lipinski definition) is 9. The number of aromatic nitrogens is 3. The van der Waals surface area contributed by atoms with Crippen molar-refractivity contribution in [3.05, 3.63) is 65.6 Å². The van der Waals surface area contributed by atoms with E-state index in [2.05, 4.69) is 31.8 Å². The van der Waals surface area contributed by atoms with Crippen molar-refractivity contribution in [1.82, 2.24) is 24.8 Å². The number of ether oxygens (including phenoxy) is 2. The van der Waals surface area contributed by atoms with Gasteiger partial charge in [0.1, 0.15) is 29.7 Å². The standard InChI is InChI=1S/C34H43FN6O4/c1-5-41(22(2)3)33(43)25-15-23(35)8-9-28(25)45-30-18-36-21-38-32(30)40-19-34(20-40)16-24(17-34)44-29-10-12-37-26-11-13-39(4)27(31(26)29)7-6-14-42/h8-10,12,15,18,21-22,24,27,42H,5-7,11,13-14,16-17,19-20H2,1-4H3. The molecule has 1 saturated carbocycles. The van der Waals surface area contributed by atoms with Gasteiger partial charge in [-0.3, -0.25) is 14.7 Å². The average Bonchev–Trinajstić information content (AvgIpc) is 2.98. The monoisotopic (exact) mass is 618 g/mol. The third kappa shape index (κ3) is 6.20. The quantitative estimate of drug-likeness (QED) is 0.317. The molecule has 0 bridgehead atoms. The normalized spacial score (nSPS) is 19.2. The number of anilines is 1. The van der Waals surface area contributed by atoms with Crippen molar-refractivity contribution in [3.63, 3.8) is 0 Å². The number of amides is 1. The molecule has 11 heteroatoms. The van der Waals surface area contributed by atoms with E-state index in [1.165, 1.54) is 30.1 Å². The highest BCUT2D eigenvalue weighted by atomic mass is 19.1. The summed E-state index contributed by atoms with van der Waals surface area (Å²) in [7, 11) is 2.13. The second kappa shape index (κ2) is 12.9. The zero-order valence-corrected chi connectivity index (χ0v) is 26.6. The highest BCUT2D eigenvalue weighted by molar-refractivity contribution is 5.97. The number of nitrogens with zero attached hydrogens (tertiary/aromatic N) is 6. The first-order chi connectivity index (χ1) is 21.7. The summed E-state index contributed by atoms with van der Waals surface area (Å²) in [4.78, 5) is 32.9. The van der Waals surface area contributed by atoms with E-state index in [0.717, 1.165) is 63.2 Å². The van der Waals surface area contributed by atoms with Crippen LogP contribution in [0, 0.1) is 11.2 Å². The molecule has 4 heterocycles. The van der Waals surface area contributed by atoms with Crippen molar-refractivity contribution in [2.45, 2.75) is 71.1 Å². The first-order valence-electron chi connectivity index (χ1n) is 16.0. The van der Waals surface area contributed by atoms with Gasteiger partial charge in [0.05, 0.1) is 17.5 Å². The Balaban J connectivity index is 1.12. The van der Waals surface area contributed by atoms with Crippen molar-refractivity contribution in [1.29, 1.82) is 0 Å². The molecule has 1 spiro atoms. The molecule has 1 unspecified atom stereocenters. The van der Waals surface area contributed by atoms with Crippen molar-refractivity contribution < 1.29 is 23.8 Å². The summed E-state index contributed by atoms with van der Waals surface area (Å²) in [5, 5.41) is 9.46. The third-order valence-corrected chi connectivity index (χ3v) is 9.48. The minimum absolute atomic E-state index is 0.0418. The highest BCUT2D eigenvalue weighted by Gasteiger charge is 2.54. The number of aliphatic hydroxyl groups excluding tert-OH is 1. The molecule has 0 radical (unpaired) electrons. The van der Waals surface area contributed by atoms with E-state index >= 15 is 0 Å². The maximum absolute atomic E-state index is 14.3. The van der Waals surface area contributed by atoms with Crippen LogP contribution >= 0.6 is 0 Å². The minimum atomic E-state index is -0.499. The molecule has 1 atom stereocenters. The molecule has 6 rings (SSSR count). The lowest BCUT2D eigenvalue weighted by Gasteiger charge is -2.59. The number of likely N-dealkylation sites (N-methyl/N-ethyl adjacent to an activating group) is 1. The topological polar surface area (TPSA) is 104 Å². The van der Waals surface area contributed by atoms with Crippen LogP contribution in [0.25, 0.3) is 0 Å². The number of carbonyl (C=O) groups is 1. The number of carbonyl (C=O) groups excluding carboxylic acids is 1. The second-order valence-electron chi connectivity index (χ2n) is 12.9. The first kappa shape index (κ1) is 31.2. The van der Waals surface area contributed by atoms with Gasteiger partial charge in [0.25, 0.3) is 5.91 Å². The van der Waals surface area contributed by atoms with E-state index < -0.39 is 5.82 Å². The molecule has 2 fully saturated rings. The van der Waals surface area contributed by atoms with Crippen LogP contribution < -0.4 is 14.4 Å². The zero-order valence-electron chi connectivity index (χ0n) is 26.6. The Morgan fingerprint density at radius 2 is 1.98 bits per heavy atom. The number of pyridine rings is 1. The number of hydrogen-bond donors (Lipinski definition) is 1. The molecule has 10 nitrogen and oxygen atoms in total. The summed E-state index contributed by atoms with van der Waals surface area (Å²) in [6.45, 7) is 9.00. The summed E-state index contributed by atoms with van der Waals surface area (Å²) < 4.78 is 27.1. The Labute approximate surface area is 264 Å². The van der Waals surface area contributed by atoms with Crippen LogP contribution in [0.2, 0.25) is 0 Å². The lowest BCUT2D eigenvalue weighted by molar-refractivity contribution is -0.0356. The fraction of sp³-hybridized carbons (Fsp3) is 0.529. The van der Waals surface area contributed by atoms with Gasteiger partial charge in [0.15, 0.2) is 11.6 Å². The van der Waals surface area contributed by atoms with Gasteiger partial charge in [0, 0.05) is 68.5 Å². The van der Waals surface area contributed by atoms with Crippen LogP contribution in [0.4, 0.5) is 10.2 Å². The predicted molar refractivity (Wildman–Crippen MR) is 168 cm³/mol. The lowest BCUT2D eigenvalue weighted by Crippen LogP contribution is -2.65.